The molecule has 30 heavy (non-hydrogen) atoms. The van der Waals surface area contributed by atoms with E-state index in [1.54, 1.807) is 4.90 Å². The molecule has 1 aromatic carbocycles. The summed E-state index contributed by atoms with van der Waals surface area (Å²) in [4.78, 5) is 16.7. The van der Waals surface area contributed by atoms with E-state index in [0.717, 1.165) is 29.8 Å². The van der Waals surface area contributed by atoms with Gasteiger partial charge in [-0.05, 0) is 49.2 Å². The number of nitrogens with one attached hydrogen (secondary N) is 1. The number of hydrogen-bond donors (Lipinski definition) is 1. The third-order valence-corrected chi connectivity index (χ3v) is 5.46. The van der Waals surface area contributed by atoms with E-state index >= 15 is 0 Å². The molecule has 1 aliphatic heterocycles. The maximum absolute atomic E-state index is 14.8. The summed E-state index contributed by atoms with van der Waals surface area (Å²) in [7, 11) is 3.85. The van der Waals surface area contributed by atoms with Crippen LogP contribution in [0, 0.1) is 0 Å². The summed E-state index contributed by atoms with van der Waals surface area (Å²) in [5.41, 5.74) is 1.98. The van der Waals surface area contributed by atoms with Crippen LogP contribution in [0.3, 0.4) is 0 Å². The van der Waals surface area contributed by atoms with Crippen LogP contribution in [0.5, 0.6) is 5.75 Å². The number of likely N-dealkylation sites (tertiary alicyclic amines) is 1. The Labute approximate surface area is 178 Å². The molecule has 7 heteroatoms. The number of halogens is 1. The fraction of sp³-hybridized carbons (Fsp3) is 0.522. The highest BCUT2D eigenvalue weighted by atomic mass is 19.1. The fourth-order valence-electron chi connectivity index (χ4n) is 3.79. The number of hydrogen-bond acceptors (Lipinski definition) is 3. The van der Waals surface area contributed by atoms with Crippen LogP contribution < -0.4 is 10.1 Å². The topological polar surface area (TPSA) is 49.7 Å². The van der Waals surface area contributed by atoms with Gasteiger partial charge in [0.2, 0.25) is 0 Å². The lowest BCUT2D eigenvalue weighted by Gasteiger charge is -2.39. The third kappa shape index (κ3) is 5.98. The first kappa shape index (κ1) is 22.2. The van der Waals surface area contributed by atoms with Crippen molar-refractivity contribution in [1.29, 1.82) is 0 Å². The second-order valence-corrected chi connectivity index (χ2v) is 8.10. The van der Waals surface area contributed by atoms with Crippen LogP contribution in [0.15, 0.2) is 42.7 Å². The Morgan fingerprint density at radius 3 is 2.63 bits per heavy atom. The molecule has 0 bridgehead atoms. The molecule has 2 atom stereocenters. The molecule has 2 heterocycles. The van der Waals surface area contributed by atoms with Crippen LogP contribution in [0.4, 0.5) is 9.18 Å². The van der Waals surface area contributed by atoms with Gasteiger partial charge in [0.15, 0.2) is 0 Å². The molecule has 1 aromatic heterocycles. The van der Waals surface area contributed by atoms with E-state index in [0.29, 0.717) is 32.7 Å². The lowest BCUT2D eigenvalue weighted by molar-refractivity contribution is 0.0571. The van der Waals surface area contributed by atoms with Crippen molar-refractivity contribution < 1.29 is 13.9 Å². The molecule has 2 aromatic rings. The predicted molar refractivity (Wildman–Crippen MR) is 116 cm³/mol. The van der Waals surface area contributed by atoms with E-state index in [1.165, 1.54) is 0 Å². The Hall–Kier alpha value is -2.54. The molecule has 0 radical (unpaired) electrons. The van der Waals surface area contributed by atoms with Crippen molar-refractivity contribution in [2.75, 3.05) is 26.7 Å². The Morgan fingerprint density at radius 2 is 2.00 bits per heavy atom. The Morgan fingerprint density at radius 1 is 1.23 bits per heavy atom. The molecule has 3 rings (SSSR count). The van der Waals surface area contributed by atoms with Gasteiger partial charge < -0.3 is 24.4 Å². The van der Waals surface area contributed by atoms with Gasteiger partial charge in [0, 0.05) is 45.6 Å². The molecule has 0 unspecified atom stereocenters. The van der Waals surface area contributed by atoms with Gasteiger partial charge in [-0.25, -0.2) is 9.18 Å². The minimum Gasteiger partial charge on any atom is -0.494 e. The fourth-order valence-corrected chi connectivity index (χ4v) is 3.79. The standard InChI is InChI=1S/C23H33FN4O2/c1-4-13-30-20-7-5-18(6-8-20)14-25-23(29)28(16-19-9-11-26(2)15-19)22-10-12-27(3)17-21(22)24/h5-9,11,15,21-22H,4,10,12-14,16-17H2,1-3H3,(H,25,29)/t21-,22+/m1/s1. The van der Waals surface area contributed by atoms with Gasteiger partial charge in [0.1, 0.15) is 11.9 Å². The Bertz CT molecular complexity index is 808. The predicted octanol–water partition coefficient (Wildman–Crippen LogP) is 3.57. The highest BCUT2D eigenvalue weighted by molar-refractivity contribution is 5.74. The molecular weight excluding hydrogens is 383 g/mol. The number of carbonyl (C=O) groups excluding carboxylic acids is 1. The third-order valence-electron chi connectivity index (χ3n) is 5.46. The van der Waals surface area contributed by atoms with Gasteiger partial charge in [0.05, 0.1) is 12.6 Å². The number of amides is 2. The average Bonchev–Trinajstić information content (AvgIpc) is 3.15. The number of piperidine rings is 1. The summed E-state index contributed by atoms with van der Waals surface area (Å²) < 4.78 is 22.4. The molecule has 1 N–H and O–H groups in total. The summed E-state index contributed by atoms with van der Waals surface area (Å²) in [6, 6.07) is 9.02. The van der Waals surface area contributed by atoms with Crippen LogP contribution in [-0.2, 0) is 20.1 Å². The molecule has 1 aliphatic rings. The average molecular weight is 417 g/mol. The van der Waals surface area contributed by atoms with Crippen molar-refractivity contribution in [2.24, 2.45) is 7.05 Å². The van der Waals surface area contributed by atoms with E-state index in [2.05, 4.69) is 12.2 Å². The van der Waals surface area contributed by atoms with Crippen LogP contribution in [-0.4, -0.2) is 59.4 Å². The number of urea groups is 1. The quantitative estimate of drug-likeness (QED) is 0.716. The Balaban J connectivity index is 1.65. The number of aromatic nitrogens is 1. The van der Waals surface area contributed by atoms with E-state index in [4.69, 9.17) is 4.74 Å². The molecule has 1 saturated heterocycles. The smallest absolute Gasteiger partial charge is 0.318 e. The number of benzene rings is 1. The van der Waals surface area contributed by atoms with Crippen molar-refractivity contribution >= 4 is 6.03 Å². The zero-order valence-corrected chi connectivity index (χ0v) is 18.2. The highest BCUT2D eigenvalue weighted by Crippen LogP contribution is 2.22. The van der Waals surface area contributed by atoms with Crippen molar-refractivity contribution in [3.05, 3.63) is 53.9 Å². The summed E-state index contributed by atoms with van der Waals surface area (Å²) in [6.07, 6.45) is 4.43. The van der Waals surface area contributed by atoms with Crippen LogP contribution >= 0.6 is 0 Å². The van der Waals surface area contributed by atoms with E-state index < -0.39 is 12.2 Å². The number of ether oxygens (including phenoxy) is 1. The molecule has 0 spiro atoms. The highest BCUT2D eigenvalue weighted by Gasteiger charge is 2.35. The molecule has 0 aliphatic carbocycles. The number of nitrogens with zero attached hydrogens (tertiary/aromatic N) is 3. The molecule has 2 amide bonds. The first-order valence-corrected chi connectivity index (χ1v) is 10.7. The largest absolute Gasteiger partial charge is 0.494 e. The van der Waals surface area contributed by atoms with Gasteiger partial charge in [-0.2, -0.15) is 0 Å². The monoisotopic (exact) mass is 416 g/mol. The zero-order valence-electron chi connectivity index (χ0n) is 18.2. The van der Waals surface area contributed by atoms with E-state index in [9.17, 15) is 9.18 Å². The van der Waals surface area contributed by atoms with Crippen molar-refractivity contribution in [2.45, 2.75) is 45.1 Å². The van der Waals surface area contributed by atoms with Crippen LogP contribution in [0.25, 0.3) is 0 Å². The number of rotatable bonds is 8. The van der Waals surface area contributed by atoms with E-state index in [1.807, 2.05) is 66.3 Å². The summed E-state index contributed by atoms with van der Waals surface area (Å²) in [5, 5.41) is 2.98. The maximum Gasteiger partial charge on any atom is 0.318 e. The normalized spacial score (nSPS) is 19.5. The number of aryl methyl sites for hydroxylation is 1. The van der Waals surface area contributed by atoms with Gasteiger partial charge in [-0.1, -0.05) is 19.1 Å². The maximum atomic E-state index is 14.8. The second kappa shape index (κ2) is 10.5. The number of alkyl halides is 1. The molecule has 0 saturated carbocycles. The van der Waals surface area contributed by atoms with Crippen LogP contribution in [0.2, 0.25) is 0 Å². The van der Waals surface area contributed by atoms with Gasteiger partial charge in [0.25, 0.3) is 0 Å². The SMILES string of the molecule is CCCOc1ccc(CNC(=O)N(Cc2ccn(C)c2)[C@H]2CCN(C)C[C@H]2F)cc1. The van der Waals surface area contributed by atoms with E-state index in [-0.39, 0.29) is 6.03 Å². The zero-order chi connectivity index (χ0) is 21.5. The Kier molecular flexibility index (Phi) is 7.74. The van der Waals surface area contributed by atoms with Gasteiger partial charge >= 0.3 is 6.03 Å². The first-order chi connectivity index (χ1) is 14.5. The van der Waals surface area contributed by atoms with Gasteiger partial charge in [-0.15, -0.1) is 0 Å². The van der Waals surface area contributed by atoms with Crippen molar-refractivity contribution in [3.63, 3.8) is 0 Å². The molecule has 6 nitrogen and oxygen atoms in total. The van der Waals surface area contributed by atoms with Crippen molar-refractivity contribution in [3.8, 4) is 5.75 Å². The van der Waals surface area contributed by atoms with Gasteiger partial charge in [-0.3, -0.25) is 0 Å². The van der Waals surface area contributed by atoms with Crippen LogP contribution in [0.1, 0.15) is 30.9 Å². The summed E-state index contributed by atoms with van der Waals surface area (Å²) >= 11 is 0. The minimum absolute atomic E-state index is 0.234. The molecule has 1 fully saturated rings. The lowest BCUT2D eigenvalue weighted by Crippen LogP contribution is -2.55. The lowest BCUT2D eigenvalue weighted by atomic mass is 10.0. The summed E-state index contributed by atoms with van der Waals surface area (Å²) in [5.74, 6) is 0.823. The first-order valence-electron chi connectivity index (χ1n) is 10.7. The van der Waals surface area contributed by atoms with Crippen molar-refractivity contribution in [1.82, 2.24) is 19.7 Å². The molecular formula is C23H33FN4O2. The molecule has 164 valence electrons. The second-order valence-electron chi connectivity index (χ2n) is 8.10. The number of carbonyl (C=O) groups is 1. The minimum atomic E-state index is -1.06. The summed E-state index contributed by atoms with van der Waals surface area (Å²) in [6.45, 7) is 4.67.